The third-order valence-corrected chi connectivity index (χ3v) is 7.37. The lowest BCUT2D eigenvalue weighted by atomic mass is 9.62. The van der Waals surface area contributed by atoms with Crippen LogP contribution >= 0.6 is 0 Å². The van der Waals surface area contributed by atoms with E-state index in [9.17, 15) is 9.90 Å². The van der Waals surface area contributed by atoms with Crippen molar-refractivity contribution in [1.29, 1.82) is 0 Å². The molecule has 1 saturated heterocycles. The Balaban J connectivity index is 1.72. The predicted molar refractivity (Wildman–Crippen MR) is 131 cm³/mol. The Morgan fingerprint density at radius 1 is 1.00 bits per heavy atom. The van der Waals surface area contributed by atoms with E-state index in [2.05, 4.69) is 49.1 Å². The lowest BCUT2D eigenvalue weighted by Gasteiger charge is -2.39. The molecule has 2 aromatic carbocycles. The molecule has 0 bridgehead atoms. The van der Waals surface area contributed by atoms with E-state index < -0.39 is 0 Å². The van der Waals surface area contributed by atoms with Crippen LogP contribution in [0, 0.1) is 11.8 Å². The predicted octanol–water partition coefficient (Wildman–Crippen LogP) is 3.31. The van der Waals surface area contributed by atoms with Crippen LogP contribution in [0.5, 0.6) is 17.2 Å². The van der Waals surface area contributed by atoms with Crippen molar-refractivity contribution >= 4 is 5.97 Å². The maximum Gasteiger partial charge on any atom is 0.310 e. The first kappa shape index (κ1) is 24.4. The van der Waals surface area contributed by atoms with Crippen LogP contribution in [0.2, 0.25) is 0 Å². The number of hydrogen-bond donors (Lipinski definition) is 1. The van der Waals surface area contributed by atoms with Crippen molar-refractivity contribution in [2.45, 2.75) is 18.3 Å². The second-order valence-corrected chi connectivity index (χ2v) is 9.70. The Labute approximate surface area is 202 Å². The summed E-state index contributed by atoms with van der Waals surface area (Å²) in [7, 11) is 9.37. The number of cyclic esters (lactones) is 1. The molecule has 0 saturated carbocycles. The van der Waals surface area contributed by atoms with Crippen molar-refractivity contribution in [1.82, 2.24) is 9.80 Å². The van der Waals surface area contributed by atoms with Gasteiger partial charge in [-0.05, 0) is 68.8 Å². The van der Waals surface area contributed by atoms with Crippen LogP contribution in [0.1, 0.15) is 34.9 Å². The molecule has 1 N–H and O–H groups in total. The molecule has 7 heteroatoms. The van der Waals surface area contributed by atoms with Gasteiger partial charge < -0.3 is 29.1 Å². The number of rotatable bonds is 9. The number of phenolic OH excluding ortho intramolecular Hbond substituents is 1. The van der Waals surface area contributed by atoms with Gasteiger partial charge >= 0.3 is 5.97 Å². The second kappa shape index (κ2) is 10.2. The number of carbonyl (C=O) groups excluding carboxylic acids is 1. The van der Waals surface area contributed by atoms with Gasteiger partial charge in [0.1, 0.15) is 0 Å². The number of hydrogen-bond acceptors (Lipinski definition) is 7. The molecular formula is C27H36N2O5. The number of ether oxygens (including phenoxy) is 3. The molecule has 1 aliphatic carbocycles. The topological polar surface area (TPSA) is 71.5 Å². The Morgan fingerprint density at radius 2 is 1.65 bits per heavy atom. The van der Waals surface area contributed by atoms with Crippen LogP contribution in [-0.2, 0) is 9.53 Å². The molecule has 184 valence electrons. The fraction of sp³-hybridized carbons (Fsp3) is 0.519. The first-order valence-electron chi connectivity index (χ1n) is 11.9. The Hall–Kier alpha value is -2.77. The largest absolute Gasteiger partial charge is 0.502 e. The smallest absolute Gasteiger partial charge is 0.310 e. The number of carbonyl (C=O) groups is 1. The van der Waals surface area contributed by atoms with Gasteiger partial charge in [0.25, 0.3) is 0 Å². The van der Waals surface area contributed by atoms with E-state index in [4.69, 9.17) is 14.2 Å². The molecule has 7 nitrogen and oxygen atoms in total. The van der Waals surface area contributed by atoms with E-state index in [0.29, 0.717) is 18.1 Å². The Morgan fingerprint density at radius 3 is 2.26 bits per heavy atom. The van der Waals surface area contributed by atoms with E-state index >= 15 is 0 Å². The summed E-state index contributed by atoms with van der Waals surface area (Å²) in [6, 6.07) is 12.1. The highest BCUT2D eigenvalue weighted by atomic mass is 16.5. The number of likely N-dealkylation sites (N-methyl/N-ethyl adjacent to an activating group) is 2. The van der Waals surface area contributed by atoms with E-state index in [1.54, 1.807) is 0 Å². The molecule has 0 spiro atoms. The first-order valence-corrected chi connectivity index (χ1v) is 11.9. The number of esters is 1. The number of benzene rings is 2. The second-order valence-electron chi connectivity index (χ2n) is 9.70. The summed E-state index contributed by atoms with van der Waals surface area (Å²) in [5.74, 6) is 0.336. The zero-order valence-electron chi connectivity index (χ0n) is 20.8. The fourth-order valence-corrected chi connectivity index (χ4v) is 5.55. The minimum absolute atomic E-state index is 0.0398. The van der Waals surface area contributed by atoms with Crippen molar-refractivity contribution in [3.63, 3.8) is 0 Å². The quantitative estimate of drug-likeness (QED) is 0.566. The van der Waals surface area contributed by atoms with Gasteiger partial charge in [-0.3, -0.25) is 4.79 Å². The molecule has 1 aliphatic heterocycles. The van der Waals surface area contributed by atoms with Gasteiger partial charge in [0, 0.05) is 24.9 Å². The van der Waals surface area contributed by atoms with Gasteiger partial charge in [-0.2, -0.15) is 0 Å². The Bertz CT molecular complexity index is 999. The van der Waals surface area contributed by atoms with Gasteiger partial charge in [0.2, 0.25) is 5.75 Å². The molecule has 34 heavy (non-hydrogen) atoms. The molecule has 1 heterocycles. The number of aromatic hydroxyl groups is 1. The van der Waals surface area contributed by atoms with Crippen LogP contribution in [-0.4, -0.2) is 82.5 Å². The molecule has 0 amide bonds. The standard InChI is InChI=1S/C27H36N2O5/c1-28(2)12-13-29(3)11-10-19-18-8-6-7-9-20(18)24(25-21(19)16-34-27(25)31)17-14-22(32-4)26(30)23(15-17)33-5/h6-9,14-15,19,21,24-25,30H,10-13,16H2,1-5H3/t19-,21?,24-,25+/m1/s1. The summed E-state index contributed by atoms with van der Waals surface area (Å²) in [6.45, 7) is 3.40. The van der Waals surface area contributed by atoms with Crippen molar-refractivity contribution in [3.05, 3.63) is 53.1 Å². The fourth-order valence-electron chi connectivity index (χ4n) is 5.55. The molecule has 0 radical (unpaired) electrons. The summed E-state index contributed by atoms with van der Waals surface area (Å²) >= 11 is 0. The van der Waals surface area contributed by atoms with E-state index in [-0.39, 0.29) is 35.4 Å². The number of phenols is 1. The normalized spacial score (nSPS) is 23.6. The zero-order valence-corrected chi connectivity index (χ0v) is 20.8. The minimum Gasteiger partial charge on any atom is -0.502 e. The monoisotopic (exact) mass is 468 g/mol. The maximum atomic E-state index is 13.1. The molecule has 2 aliphatic rings. The molecule has 4 atom stereocenters. The van der Waals surface area contributed by atoms with Crippen molar-refractivity contribution in [3.8, 4) is 17.2 Å². The van der Waals surface area contributed by atoms with Crippen LogP contribution in [0.3, 0.4) is 0 Å². The van der Waals surface area contributed by atoms with Crippen LogP contribution in [0.4, 0.5) is 0 Å². The van der Waals surface area contributed by atoms with E-state index in [1.807, 2.05) is 18.2 Å². The first-order chi connectivity index (χ1) is 16.3. The van der Waals surface area contributed by atoms with Crippen molar-refractivity contribution in [2.24, 2.45) is 11.8 Å². The minimum atomic E-state index is -0.286. The van der Waals surface area contributed by atoms with Crippen LogP contribution in [0.25, 0.3) is 0 Å². The van der Waals surface area contributed by atoms with Gasteiger partial charge in [-0.25, -0.2) is 0 Å². The summed E-state index contributed by atoms with van der Waals surface area (Å²) < 4.78 is 16.5. The van der Waals surface area contributed by atoms with E-state index in [1.165, 1.54) is 19.8 Å². The van der Waals surface area contributed by atoms with Gasteiger partial charge in [-0.15, -0.1) is 0 Å². The molecule has 1 unspecified atom stereocenters. The summed E-state index contributed by atoms with van der Waals surface area (Å²) in [5.41, 5.74) is 3.30. The van der Waals surface area contributed by atoms with E-state index in [0.717, 1.165) is 37.2 Å². The maximum absolute atomic E-state index is 13.1. The van der Waals surface area contributed by atoms with Crippen LogP contribution in [0.15, 0.2) is 36.4 Å². The summed E-state index contributed by atoms with van der Waals surface area (Å²) in [5, 5.41) is 10.4. The van der Waals surface area contributed by atoms with Crippen LogP contribution < -0.4 is 9.47 Å². The third kappa shape index (κ3) is 4.59. The number of methoxy groups -OCH3 is 2. The highest BCUT2D eigenvalue weighted by molar-refractivity contribution is 5.78. The highest BCUT2D eigenvalue weighted by Gasteiger charge is 2.51. The average Bonchev–Trinajstić information content (AvgIpc) is 3.21. The van der Waals surface area contributed by atoms with Crippen molar-refractivity contribution in [2.75, 3.05) is 61.6 Å². The highest BCUT2D eigenvalue weighted by Crippen LogP contribution is 2.54. The molecule has 0 aromatic heterocycles. The lowest BCUT2D eigenvalue weighted by molar-refractivity contribution is -0.141. The summed E-state index contributed by atoms with van der Waals surface area (Å²) in [4.78, 5) is 17.6. The molecular weight excluding hydrogens is 432 g/mol. The number of fused-ring (bicyclic) bond motifs is 2. The Kier molecular flexibility index (Phi) is 7.33. The zero-order chi connectivity index (χ0) is 24.4. The van der Waals surface area contributed by atoms with Gasteiger partial charge in [0.05, 0.1) is 26.7 Å². The SMILES string of the molecule is COc1cc([C@@H]2c3ccccc3[C@@H](CCN(C)CCN(C)C)C3COC(=O)[C@@H]32)cc(OC)c1O. The lowest BCUT2D eigenvalue weighted by Crippen LogP contribution is -2.37. The number of nitrogens with zero attached hydrogens (tertiary/aromatic N) is 2. The van der Waals surface area contributed by atoms with Crippen molar-refractivity contribution < 1.29 is 24.1 Å². The molecule has 1 fully saturated rings. The summed E-state index contributed by atoms with van der Waals surface area (Å²) in [6.07, 6.45) is 0.966. The molecule has 4 rings (SSSR count). The third-order valence-electron chi connectivity index (χ3n) is 7.37. The molecule has 2 aromatic rings. The van der Waals surface area contributed by atoms with Gasteiger partial charge in [0.15, 0.2) is 11.5 Å². The van der Waals surface area contributed by atoms with Gasteiger partial charge in [-0.1, -0.05) is 24.3 Å². The average molecular weight is 469 g/mol.